The standard InChI is InChI=1S/C13H18ClNO2/c1-10(2)6-7-15(9-13(16)17)12-5-3-4-11(14)8-12/h3-5,8,10H,6-7,9H2,1-2H3,(H,16,17). The van der Waals surface area contributed by atoms with Crippen LogP contribution in [0.15, 0.2) is 24.3 Å². The fourth-order valence-corrected chi connectivity index (χ4v) is 1.73. The minimum absolute atomic E-state index is 0.00701. The summed E-state index contributed by atoms with van der Waals surface area (Å²) in [5.41, 5.74) is 0.862. The molecule has 1 aromatic carbocycles. The number of benzene rings is 1. The van der Waals surface area contributed by atoms with E-state index in [9.17, 15) is 4.79 Å². The van der Waals surface area contributed by atoms with Crippen LogP contribution in [0.5, 0.6) is 0 Å². The van der Waals surface area contributed by atoms with Gasteiger partial charge >= 0.3 is 5.97 Å². The monoisotopic (exact) mass is 255 g/mol. The zero-order valence-electron chi connectivity index (χ0n) is 10.2. The molecule has 0 heterocycles. The van der Waals surface area contributed by atoms with Crippen LogP contribution in [0.2, 0.25) is 5.02 Å². The predicted molar refractivity (Wildman–Crippen MR) is 70.8 cm³/mol. The van der Waals surface area contributed by atoms with Crippen molar-refractivity contribution in [2.75, 3.05) is 18.0 Å². The maximum absolute atomic E-state index is 10.8. The minimum Gasteiger partial charge on any atom is -0.480 e. The van der Waals surface area contributed by atoms with Crippen molar-refractivity contribution in [1.29, 1.82) is 0 Å². The van der Waals surface area contributed by atoms with Gasteiger partial charge in [0.25, 0.3) is 0 Å². The fraction of sp³-hybridized carbons (Fsp3) is 0.462. The SMILES string of the molecule is CC(C)CCN(CC(=O)O)c1cccc(Cl)c1. The topological polar surface area (TPSA) is 40.5 Å². The number of carboxylic acid groups (broad SMARTS) is 1. The maximum Gasteiger partial charge on any atom is 0.323 e. The Kier molecular flexibility index (Phi) is 5.29. The highest BCUT2D eigenvalue weighted by Gasteiger charge is 2.11. The molecular formula is C13H18ClNO2. The Morgan fingerprint density at radius 3 is 2.71 bits per heavy atom. The smallest absolute Gasteiger partial charge is 0.323 e. The van der Waals surface area contributed by atoms with E-state index < -0.39 is 5.97 Å². The first-order valence-electron chi connectivity index (χ1n) is 5.71. The molecule has 0 radical (unpaired) electrons. The van der Waals surface area contributed by atoms with E-state index in [4.69, 9.17) is 16.7 Å². The van der Waals surface area contributed by atoms with Crippen molar-refractivity contribution in [3.05, 3.63) is 29.3 Å². The van der Waals surface area contributed by atoms with Gasteiger partial charge in [0.05, 0.1) is 0 Å². The van der Waals surface area contributed by atoms with Gasteiger partial charge in [-0.1, -0.05) is 31.5 Å². The molecule has 0 aliphatic carbocycles. The third kappa shape index (κ3) is 5.09. The summed E-state index contributed by atoms with van der Waals surface area (Å²) >= 11 is 5.91. The van der Waals surface area contributed by atoms with Crippen molar-refractivity contribution in [3.8, 4) is 0 Å². The van der Waals surface area contributed by atoms with Gasteiger partial charge in [-0.15, -0.1) is 0 Å². The molecule has 0 saturated heterocycles. The van der Waals surface area contributed by atoms with Crippen molar-refractivity contribution >= 4 is 23.3 Å². The number of hydrogen-bond acceptors (Lipinski definition) is 2. The Morgan fingerprint density at radius 1 is 1.47 bits per heavy atom. The van der Waals surface area contributed by atoms with E-state index in [1.54, 1.807) is 12.1 Å². The summed E-state index contributed by atoms with van der Waals surface area (Å²) in [5.74, 6) is -0.279. The summed E-state index contributed by atoms with van der Waals surface area (Å²) in [7, 11) is 0. The molecule has 0 bridgehead atoms. The second-order valence-electron chi connectivity index (χ2n) is 4.48. The van der Waals surface area contributed by atoms with Crippen LogP contribution in [-0.4, -0.2) is 24.2 Å². The van der Waals surface area contributed by atoms with Crippen LogP contribution in [0, 0.1) is 5.92 Å². The van der Waals surface area contributed by atoms with Gasteiger partial charge in [-0.25, -0.2) is 0 Å². The Balaban J connectivity index is 2.78. The van der Waals surface area contributed by atoms with E-state index in [1.807, 2.05) is 17.0 Å². The van der Waals surface area contributed by atoms with E-state index in [-0.39, 0.29) is 6.54 Å². The summed E-state index contributed by atoms with van der Waals surface area (Å²) in [6.07, 6.45) is 0.958. The summed E-state index contributed by atoms with van der Waals surface area (Å²) in [4.78, 5) is 12.7. The van der Waals surface area contributed by atoms with Crippen LogP contribution < -0.4 is 4.90 Å². The molecule has 94 valence electrons. The molecule has 0 amide bonds. The summed E-state index contributed by atoms with van der Waals surface area (Å²) < 4.78 is 0. The zero-order chi connectivity index (χ0) is 12.8. The van der Waals surface area contributed by atoms with Crippen molar-refractivity contribution in [3.63, 3.8) is 0 Å². The molecule has 0 unspecified atom stereocenters. The second kappa shape index (κ2) is 6.50. The molecule has 0 fully saturated rings. The highest BCUT2D eigenvalue weighted by atomic mass is 35.5. The number of carboxylic acids is 1. The van der Waals surface area contributed by atoms with Gasteiger partial charge in [0.1, 0.15) is 6.54 Å². The van der Waals surface area contributed by atoms with Crippen LogP contribution in [0.4, 0.5) is 5.69 Å². The lowest BCUT2D eigenvalue weighted by Gasteiger charge is -2.23. The summed E-state index contributed by atoms with van der Waals surface area (Å²) in [6, 6.07) is 7.30. The van der Waals surface area contributed by atoms with Gasteiger partial charge in [-0.3, -0.25) is 4.79 Å². The van der Waals surface area contributed by atoms with Crippen molar-refractivity contribution in [2.24, 2.45) is 5.92 Å². The summed E-state index contributed by atoms with van der Waals surface area (Å²) in [5, 5.41) is 9.53. The number of nitrogens with zero attached hydrogens (tertiary/aromatic N) is 1. The molecular weight excluding hydrogens is 238 g/mol. The van der Waals surface area contributed by atoms with E-state index >= 15 is 0 Å². The molecule has 0 atom stereocenters. The average Bonchev–Trinajstić information content (AvgIpc) is 2.23. The molecule has 0 aromatic heterocycles. The van der Waals surface area contributed by atoms with Gasteiger partial charge in [0, 0.05) is 17.3 Å². The van der Waals surface area contributed by atoms with Crippen molar-refractivity contribution < 1.29 is 9.90 Å². The first kappa shape index (κ1) is 13.8. The predicted octanol–water partition coefficient (Wildman–Crippen LogP) is 3.28. The van der Waals surface area contributed by atoms with Crippen LogP contribution >= 0.6 is 11.6 Å². The minimum atomic E-state index is -0.825. The number of halogens is 1. The number of hydrogen-bond donors (Lipinski definition) is 1. The van der Waals surface area contributed by atoms with Crippen molar-refractivity contribution in [1.82, 2.24) is 0 Å². The average molecular weight is 256 g/mol. The lowest BCUT2D eigenvalue weighted by molar-refractivity contribution is -0.135. The van der Waals surface area contributed by atoms with Gasteiger partial charge in [0.2, 0.25) is 0 Å². The lowest BCUT2D eigenvalue weighted by atomic mass is 10.1. The third-order valence-electron chi connectivity index (χ3n) is 2.48. The molecule has 0 spiro atoms. The number of rotatable bonds is 6. The van der Waals surface area contributed by atoms with Crippen LogP contribution in [0.1, 0.15) is 20.3 Å². The van der Waals surface area contributed by atoms with Gasteiger partial charge in [-0.05, 0) is 30.5 Å². The Labute approximate surface area is 107 Å². The zero-order valence-corrected chi connectivity index (χ0v) is 10.9. The number of anilines is 1. The van der Waals surface area contributed by atoms with Gasteiger partial charge in [-0.2, -0.15) is 0 Å². The number of carbonyl (C=O) groups is 1. The van der Waals surface area contributed by atoms with Gasteiger partial charge in [0.15, 0.2) is 0 Å². The maximum atomic E-state index is 10.8. The second-order valence-corrected chi connectivity index (χ2v) is 4.91. The van der Waals surface area contributed by atoms with E-state index in [2.05, 4.69) is 13.8 Å². The normalized spacial score (nSPS) is 10.6. The molecule has 0 aliphatic rings. The first-order chi connectivity index (χ1) is 7.99. The Morgan fingerprint density at radius 2 is 2.18 bits per heavy atom. The Hall–Kier alpha value is -1.22. The van der Waals surface area contributed by atoms with E-state index in [0.717, 1.165) is 18.7 Å². The lowest BCUT2D eigenvalue weighted by Crippen LogP contribution is -2.31. The largest absolute Gasteiger partial charge is 0.480 e. The van der Waals surface area contributed by atoms with Crippen LogP contribution in [-0.2, 0) is 4.79 Å². The van der Waals surface area contributed by atoms with Gasteiger partial charge < -0.3 is 10.0 Å². The molecule has 0 aliphatic heterocycles. The van der Waals surface area contributed by atoms with E-state index in [1.165, 1.54) is 0 Å². The van der Waals surface area contributed by atoms with Crippen molar-refractivity contribution in [2.45, 2.75) is 20.3 Å². The third-order valence-corrected chi connectivity index (χ3v) is 2.71. The fourth-order valence-electron chi connectivity index (χ4n) is 1.55. The van der Waals surface area contributed by atoms with E-state index in [0.29, 0.717) is 10.9 Å². The first-order valence-corrected chi connectivity index (χ1v) is 6.09. The van der Waals surface area contributed by atoms with Crippen LogP contribution in [0.3, 0.4) is 0 Å². The summed E-state index contributed by atoms with van der Waals surface area (Å²) in [6.45, 7) is 4.98. The number of aliphatic carboxylic acids is 1. The molecule has 1 N–H and O–H groups in total. The molecule has 1 aromatic rings. The Bertz CT molecular complexity index is 379. The highest BCUT2D eigenvalue weighted by molar-refractivity contribution is 6.30. The molecule has 0 saturated carbocycles. The molecule has 4 heteroatoms. The molecule has 17 heavy (non-hydrogen) atoms. The van der Waals surface area contributed by atoms with Crippen LogP contribution in [0.25, 0.3) is 0 Å². The highest BCUT2D eigenvalue weighted by Crippen LogP contribution is 2.20. The molecule has 1 rings (SSSR count). The quantitative estimate of drug-likeness (QED) is 0.848. The molecule has 3 nitrogen and oxygen atoms in total.